The van der Waals surface area contributed by atoms with Gasteiger partial charge in [0.25, 0.3) is 0 Å². The number of anilines is 1. The molecule has 0 spiro atoms. The second-order valence-corrected chi connectivity index (χ2v) is 7.28. The highest BCUT2D eigenvalue weighted by molar-refractivity contribution is 6.35. The van der Waals surface area contributed by atoms with Crippen LogP contribution in [-0.4, -0.2) is 40.5 Å². The lowest BCUT2D eigenvalue weighted by Crippen LogP contribution is -2.25. The van der Waals surface area contributed by atoms with E-state index in [-0.39, 0.29) is 6.61 Å². The Labute approximate surface area is 172 Å². The van der Waals surface area contributed by atoms with Crippen LogP contribution in [0, 0.1) is 0 Å². The van der Waals surface area contributed by atoms with Gasteiger partial charge in [-0.1, -0.05) is 37.0 Å². The largest absolute Gasteiger partial charge is 0.484 e. The fourth-order valence-corrected chi connectivity index (χ4v) is 3.23. The fourth-order valence-electron chi connectivity index (χ4n) is 2.77. The van der Waals surface area contributed by atoms with E-state index in [0.717, 1.165) is 38.3 Å². The van der Waals surface area contributed by atoms with Crippen molar-refractivity contribution in [2.45, 2.75) is 46.3 Å². The van der Waals surface area contributed by atoms with Gasteiger partial charge >= 0.3 is 0 Å². The van der Waals surface area contributed by atoms with E-state index >= 15 is 0 Å². The third kappa shape index (κ3) is 7.53. The molecule has 0 radical (unpaired) electrons. The van der Waals surface area contributed by atoms with Gasteiger partial charge in [0.15, 0.2) is 5.82 Å². The van der Waals surface area contributed by atoms with Crippen molar-refractivity contribution in [3.63, 3.8) is 0 Å². The Kier molecular flexibility index (Phi) is 9.11. The summed E-state index contributed by atoms with van der Waals surface area (Å²) in [6.07, 6.45) is 3.98. The first-order valence-corrected chi connectivity index (χ1v) is 10.2. The van der Waals surface area contributed by atoms with Crippen molar-refractivity contribution in [3.8, 4) is 5.75 Å². The molecule has 1 atom stereocenters. The number of aromatic nitrogens is 2. The van der Waals surface area contributed by atoms with Gasteiger partial charge in [-0.3, -0.25) is 0 Å². The molecule has 27 heavy (non-hydrogen) atoms. The number of ether oxygens (including phenoxy) is 1. The van der Waals surface area contributed by atoms with E-state index in [2.05, 4.69) is 41.0 Å². The number of benzene rings is 1. The van der Waals surface area contributed by atoms with E-state index < -0.39 is 0 Å². The van der Waals surface area contributed by atoms with Gasteiger partial charge in [0, 0.05) is 17.3 Å². The zero-order chi connectivity index (χ0) is 19.6. The summed E-state index contributed by atoms with van der Waals surface area (Å²) in [5, 5.41) is 4.49. The molecular weight excluding hydrogens is 383 g/mol. The molecule has 5 nitrogen and oxygen atoms in total. The molecule has 1 aromatic carbocycles. The highest BCUT2D eigenvalue weighted by atomic mass is 35.5. The average Bonchev–Trinajstić information content (AvgIpc) is 2.65. The summed E-state index contributed by atoms with van der Waals surface area (Å²) in [5.41, 5.74) is 0. The zero-order valence-electron chi connectivity index (χ0n) is 16.2. The van der Waals surface area contributed by atoms with E-state index in [1.807, 2.05) is 6.07 Å². The SMILES string of the molecule is CCN(CC)CCCC(C)Nc1ccnc(COc2ccc(Cl)cc2Cl)n1. The van der Waals surface area contributed by atoms with E-state index in [1.165, 1.54) is 0 Å². The van der Waals surface area contributed by atoms with Crippen LogP contribution in [0.2, 0.25) is 10.0 Å². The number of halogens is 2. The quantitative estimate of drug-likeness (QED) is 0.545. The molecule has 7 heteroatoms. The second-order valence-electron chi connectivity index (χ2n) is 6.44. The van der Waals surface area contributed by atoms with E-state index in [0.29, 0.717) is 27.7 Å². The van der Waals surface area contributed by atoms with Crippen molar-refractivity contribution in [2.24, 2.45) is 0 Å². The molecule has 0 saturated heterocycles. The lowest BCUT2D eigenvalue weighted by Gasteiger charge is -2.20. The van der Waals surface area contributed by atoms with Crippen molar-refractivity contribution >= 4 is 29.0 Å². The van der Waals surface area contributed by atoms with Crippen molar-refractivity contribution in [1.29, 1.82) is 0 Å². The first-order valence-electron chi connectivity index (χ1n) is 9.40. The Balaban J connectivity index is 1.83. The van der Waals surface area contributed by atoms with Crippen molar-refractivity contribution in [3.05, 3.63) is 46.3 Å². The minimum atomic E-state index is 0.243. The van der Waals surface area contributed by atoms with Crippen LogP contribution in [0.1, 0.15) is 39.4 Å². The second kappa shape index (κ2) is 11.3. The smallest absolute Gasteiger partial charge is 0.168 e. The minimum Gasteiger partial charge on any atom is -0.484 e. The molecule has 0 bridgehead atoms. The Hall–Kier alpha value is -1.56. The Morgan fingerprint density at radius 3 is 2.67 bits per heavy atom. The highest BCUT2D eigenvalue weighted by Gasteiger charge is 2.08. The summed E-state index contributed by atoms with van der Waals surface area (Å²) in [5.74, 6) is 1.97. The van der Waals surface area contributed by atoms with Crippen LogP contribution >= 0.6 is 23.2 Å². The summed E-state index contributed by atoms with van der Waals surface area (Å²) < 4.78 is 5.70. The number of rotatable bonds is 11. The summed E-state index contributed by atoms with van der Waals surface area (Å²) in [6.45, 7) is 10.2. The van der Waals surface area contributed by atoms with Crippen LogP contribution in [0.5, 0.6) is 5.75 Å². The molecule has 1 aromatic heterocycles. The molecule has 148 valence electrons. The number of hydrogen-bond donors (Lipinski definition) is 1. The average molecular weight is 411 g/mol. The van der Waals surface area contributed by atoms with Gasteiger partial charge in [-0.2, -0.15) is 0 Å². The van der Waals surface area contributed by atoms with Crippen LogP contribution < -0.4 is 10.1 Å². The number of nitrogens with zero attached hydrogens (tertiary/aromatic N) is 3. The number of nitrogens with one attached hydrogen (secondary N) is 1. The maximum Gasteiger partial charge on any atom is 0.168 e. The van der Waals surface area contributed by atoms with E-state index in [4.69, 9.17) is 27.9 Å². The topological polar surface area (TPSA) is 50.3 Å². The first kappa shape index (κ1) is 21.7. The molecule has 0 saturated carbocycles. The predicted octanol–water partition coefficient (Wildman–Crippen LogP) is 5.28. The van der Waals surface area contributed by atoms with Crippen molar-refractivity contribution in [2.75, 3.05) is 25.0 Å². The molecule has 0 aliphatic heterocycles. The molecule has 1 heterocycles. The van der Waals surface area contributed by atoms with E-state index in [9.17, 15) is 0 Å². The third-order valence-corrected chi connectivity index (χ3v) is 4.89. The van der Waals surface area contributed by atoms with Gasteiger partial charge in [-0.25, -0.2) is 9.97 Å². The van der Waals surface area contributed by atoms with Gasteiger partial charge in [0.1, 0.15) is 18.2 Å². The molecule has 0 fully saturated rings. The van der Waals surface area contributed by atoms with Gasteiger partial charge < -0.3 is 15.0 Å². The first-order chi connectivity index (χ1) is 13.0. The van der Waals surface area contributed by atoms with Crippen LogP contribution in [0.3, 0.4) is 0 Å². The summed E-state index contributed by atoms with van der Waals surface area (Å²) in [4.78, 5) is 11.2. The van der Waals surface area contributed by atoms with Gasteiger partial charge in [0.2, 0.25) is 0 Å². The molecule has 2 rings (SSSR count). The zero-order valence-corrected chi connectivity index (χ0v) is 17.7. The summed E-state index contributed by atoms with van der Waals surface area (Å²) >= 11 is 12.0. The predicted molar refractivity (Wildman–Crippen MR) is 113 cm³/mol. The van der Waals surface area contributed by atoms with Crippen molar-refractivity contribution in [1.82, 2.24) is 14.9 Å². The fraction of sp³-hybridized carbons (Fsp3) is 0.500. The Morgan fingerprint density at radius 1 is 1.19 bits per heavy atom. The van der Waals surface area contributed by atoms with Gasteiger partial charge in [-0.15, -0.1) is 0 Å². The summed E-state index contributed by atoms with van der Waals surface area (Å²) in [7, 11) is 0. The van der Waals surface area contributed by atoms with Gasteiger partial charge in [0.05, 0.1) is 5.02 Å². The standard InChI is InChI=1S/C20H28Cl2N4O/c1-4-26(5-2)12-6-7-15(3)24-19-10-11-23-20(25-19)14-27-18-9-8-16(21)13-17(18)22/h8-11,13,15H,4-7,12,14H2,1-3H3,(H,23,24,25). The normalized spacial score (nSPS) is 12.2. The van der Waals surface area contributed by atoms with E-state index in [1.54, 1.807) is 24.4 Å². The molecular formula is C20H28Cl2N4O. The third-order valence-electron chi connectivity index (χ3n) is 4.36. The molecule has 0 aliphatic carbocycles. The number of hydrogen-bond acceptors (Lipinski definition) is 5. The molecule has 2 aromatic rings. The lowest BCUT2D eigenvalue weighted by atomic mass is 10.1. The molecule has 1 N–H and O–H groups in total. The maximum absolute atomic E-state index is 6.12. The van der Waals surface area contributed by atoms with Crippen LogP contribution in [0.15, 0.2) is 30.5 Å². The van der Waals surface area contributed by atoms with Crippen LogP contribution in [0.25, 0.3) is 0 Å². The Morgan fingerprint density at radius 2 is 1.96 bits per heavy atom. The van der Waals surface area contributed by atoms with Crippen LogP contribution in [0.4, 0.5) is 5.82 Å². The molecule has 0 amide bonds. The monoisotopic (exact) mass is 410 g/mol. The lowest BCUT2D eigenvalue weighted by molar-refractivity contribution is 0.294. The molecule has 1 unspecified atom stereocenters. The molecule has 0 aliphatic rings. The maximum atomic E-state index is 6.12. The highest BCUT2D eigenvalue weighted by Crippen LogP contribution is 2.27. The summed E-state index contributed by atoms with van der Waals surface area (Å²) in [6, 6.07) is 7.35. The van der Waals surface area contributed by atoms with Crippen LogP contribution in [-0.2, 0) is 6.61 Å². The Bertz CT molecular complexity index is 710. The van der Waals surface area contributed by atoms with Crippen molar-refractivity contribution < 1.29 is 4.74 Å². The van der Waals surface area contributed by atoms with Gasteiger partial charge in [-0.05, 0) is 63.7 Å². The minimum absolute atomic E-state index is 0.243.